The number of aliphatic carboxylic acids is 1. The molecule has 0 aromatic heterocycles. The first-order chi connectivity index (χ1) is 17.8. The standard InChI is InChI=1S/C31H39NO4S/c1-23(2)12-10-13-24(3)14-11-15-25(4)20-21-37-22-28(31(34)35)32-30(33)27-18-8-9-19-29(27)36-26-16-6-5-7-17-26/h5-9,12,14,16-20,28H,10-11,13,15,21-22H2,1-4H3,(H,32,33)(H,34,35)/b24-14+,25-20+. The van der Waals surface area contributed by atoms with Crippen LogP contribution in [0.1, 0.15) is 63.7 Å². The maximum absolute atomic E-state index is 12.9. The second kappa shape index (κ2) is 16.5. The van der Waals surface area contributed by atoms with Gasteiger partial charge in [-0.15, -0.1) is 0 Å². The number of carbonyl (C=O) groups excluding carboxylic acids is 1. The van der Waals surface area contributed by atoms with Crippen LogP contribution in [0.25, 0.3) is 0 Å². The smallest absolute Gasteiger partial charge is 0.327 e. The Morgan fingerprint density at radius 2 is 1.51 bits per heavy atom. The van der Waals surface area contributed by atoms with Gasteiger partial charge in [-0.05, 0) is 77.6 Å². The van der Waals surface area contributed by atoms with Gasteiger partial charge in [-0.3, -0.25) is 4.79 Å². The molecule has 0 heterocycles. The minimum absolute atomic E-state index is 0.274. The van der Waals surface area contributed by atoms with E-state index in [1.165, 1.54) is 28.5 Å². The van der Waals surface area contributed by atoms with Crippen molar-refractivity contribution < 1.29 is 19.4 Å². The first-order valence-electron chi connectivity index (χ1n) is 12.6. The minimum atomic E-state index is -1.06. The molecule has 37 heavy (non-hydrogen) atoms. The number of amides is 1. The Hall–Kier alpha value is -3.25. The predicted octanol–water partition coefficient (Wildman–Crippen LogP) is 7.81. The lowest BCUT2D eigenvalue weighted by Crippen LogP contribution is -2.42. The van der Waals surface area contributed by atoms with Crippen LogP contribution in [0.3, 0.4) is 0 Å². The van der Waals surface area contributed by atoms with Gasteiger partial charge in [0.05, 0.1) is 5.56 Å². The molecule has 1 atom stereocenters. The third-order valence-electron chi connectivity index (χ3n) is 5.66. The van der Waals surface area contributed by atoms with E-state index in [1.54, 1.807) is 36.4 Å². The molecule has 0 fully saturated rings. The van der Waals surface area contributed by atoms with Crippen LogP contribution in [0.15, 0.2) is 89.5 Å². The van der Waals surface area contributed by atoms with E-state index in [0.717, 1.165) is 25.7 Å². The molecule has 0 radical (unpaired) electrons. The molecule has 0 aliphatic rings. The Kier molecular flexibility index (Phi) is 13.4. The summed E-state index contributed by atoms with van der Waals surface area (Å²) in [5, 5.41) is 12.3. The normalized spacial score (nSPS) is 12.5. The van der Waals surface area contributed by atoms with Crippen molar-refractivity contribution in [2.45, 2.75) is 59.4 Å². The quantitative estimate of drug-likeness (QED) is 0.185. The predicted molar refractivity (Wildman–Crippen MR) is 155 cm³/mol. The molecular formula is C31H39NO4S. The minimum Gasteiger partial charge on any atom is -0.480 e. The summed E-state index contributed by atoms with van der Waals surface area (Å²) in [5.74, 6) is 0.417. The molecule has 0 aliphatic heterocycles. The number of carbonyl (C=O) groups is 2. The summed E-state index contributed by atoms with van der Waals surface area (Å²) < 4.78 is 5.85. The number of thioether (sulfide) groups is 1. The van der Waals surface area contributed by atoms with Gasteiger partial charge in [0.1, 0.15) is 17.5 Å². The number of hydrogen-bond acceptors (Lipinski definition) is 4. The van der Waals surface area contributed by atoms with E-state index < -0.39 is 17.9 Å². The van der Waals surface area contributed by atoms with Crippen molar-refractivity contribution in [2.75, 3.05) is 11.5 Å². The lowest BCUT2D eigenvalue weighted by molar-refractivity contribution is -0.138. The van der Waals surface area contributed by atoms with Gasteiger partial charge < -0.3 is 15.2 Å². The second-order valence-corrected chi connectivity index (χ2v) is 10.3. The zero-order valence-electron chi connectivity index (χ0n) is 22.3. The molecule has 2 rings (SSSR count). The van der Waals surface area contributed by atoms with Crippen molar-refractivity contribution in [1.82, 2.24) is 5.32 Å². The fraction of sp³-hybridized carbons (Fsp3) is 0.355. The second-order valence-electron chi connectivity index (χ2n) is 9.27. The third-order valence-corrected chi connectivity index (χ3v) is 6.63. The molecule has 5 nitrogen and oxygen atoms in total. The van der Waals surface area contributed by atoms with Crippen molar-refractivity contribution in [1.29, 1.82) is 0 Å². The Morgan fingerprint density at radius 1 is 0.892 bits per heavy atom. The van der Waals surface area contributed by atoms with Crippen molar-refractivity contribution in [3.8, 4) is 11.5 Å². The largest absolute Gasteiger partial charge is 0.480 e. The van der Waals surface area contributed by atoms with E-state index in [1.807, 2.05) is 18.2 Å². The highest BCUT2D eigenvalue weighted by atomic mass is 32.2. The van der Waals surface area contributed by atoms with Crippen LogP contribution in [0.2, 0.25) is 0 Å². The number of allylic oxidation sites excluding steroid dienone is 5. The molecule has 198 valence electrons. The maximum Gasteiger partial charge on any atom is 0.327 e. The van der Waals surface area contributed by atoms with Crippen LogP contribution in [0.5, 0.6) is 11.5 Å². The molecule has 0 saturated heterocycles. The molecule has 1 amide bonds. The van der Waals surface area contributed by atoms with Crippen LogP contribution in [0.4, 0.5) is 0 Å². The molecule has 2 aromatic rings. The van der Waals surface area contributed by atoms with Gasteiger partial charge in [0.25, 0.3) is 5.91 Å². The summed E-state index contributed by atoms with van der Waals surface area (Å²) in [5.41, 5.74) is 4.34. The topological polar surface area (TPSA) is 75.6 Å². The van der Waals surface area contributed by atoms with E-state index in [2.05, 4.69) is 51.2 Å². The Morgan fingerprint density at radius 3 is 2.19 bits per heavy atom. The SMILES string of the molecule is CC(C)=CCC/C(C)=C/CC/C(C)=C/CSCC(NC(=O)c1ccccc1Oc1ccccc1)C(=O)O. The number of benzene rings is 2. The first kappa shape index (κ1) is 30.0. The molecule has 2 N–H and O–H groups in total. The zero-order chi connectivity index (χ0) is 27.0. The van der Waals surface area contributed by atoms with Crippen molar-refractivity contribution in [3.05, 3.63) is 95.1 Å². The summed E-state index contributed by atoms with van der Waals surface area (Å²) >= 11 is 1.49. The fourth-order valence-electron chi connectivity index (χ4n) is 3.50. The van der Waals surface area contributed by atoms with Crippen LogP contribution in [0, 0.1) is 0 Å². The summed E-state index contributed by atoms with van der Waals surface area (Å²) in [6, 6.07) is 15.0. The van der Waals surface area contributed by atoms with E-state index in [-0.39, 0.29) is 5.75 Å². The molecule has 0 spiro atoms. The Bertz CT molecular complexity index is 1100. The average Bonchev–Trinajstić information content (AvgIpc) is 2.86. The first-order valence-corrected chi connectivity index (χ1v) is 13.8. The van der Waals surface area contributed by atoms with Crippen LogP contribution in [-0.2, 0) is 4.79 Å². The van der Waals surface area contributed by atoms with Gasteiger partial charge in [0.15, 0.2) is 0 Å². The number of hydrogen-bond donors (Lipinski definition) is 2. The van der Waals surface area contributed by atoms with Gasteiger partial charge >= 0.3 is 5.97 Å². The monoisotopic (exact) mass is 521 g/mol. The fourth-order valence-corrected chi connectivity index (χ4v) is 4.50. The van der Waals surface area contributed by atoms with E-state index in [4.69, 9.17) is 4.74 Å². The number of carboxylic acids is 1. The molecule has 0 saturated carbocycles. The summed E-state index contributed by atoms with van der Waals surface area (Å²) in [7, 11) is 0. The van der Waals surface area contributed by atoms with Gasteiger partial charge in [-0.2, -0.15) is 11.8 Å². The molecule has 0 aliphatic carbocycles. The molecule has 6 heteroatoms. The highest BCUT2D eigenvalue weighted by Crippen LogP contribution is 2.25. The number of ether oxygens (including phenoxy) is 1. The lowest BCUT2D eigenvalue weighted by Gasteiger charge is -2.16. The van der Waals surface area contributed by atoms with Crippen molar-refractivity contribution >= 4 is 23.6 Å². The lowest BCUT2D eigenvalue weighted by atomic mass is 10.1. The number of carboxylic acid groups (broad SMARTS) is 1. The Labute approximate surface area is 225 Å². The van der Waals surface area contributed by atoms with Gasteiger partial charge in [-0.25, -0.2) is 4.79 Å². The van der Waals surface area contributed by atoms with E-state index in [9.17, 15) is 14.7 Å². The van der Waals surface area contributed by atoms with Gasteiger partial charge in [0.2, 0.25) is 0 Å². The highest BCUT2D eigenvalue weighted by Gasteiger charge is 2.22. The Balaban J connectivity index is 1.83. The van der Waals surface area contributed by atoms with E-state index >= 15 is 0 Å². The number of rotatable bonds is 15. The highest BCUT2D eigenvalue weighted by molar-refractivity contribution is 7.99. The summed E-state index contributed by atoms with van der Waals surface area (Å²) in [4.78, 5) is 24.7. The number of para-hydroxylation sites is 2. The zero-order valence-corrected chi connectivity index (χ0v) is 23.1. The van der Waals surface area contributed by atoms with Crippen molar-refractivity contribution in [2.24, 2.45) is 0 Å². The maximum atomic E-state index is 12.9. The molecule has 1 unspecified atom stereocenters. The molecule has 2 aromatic carbocycles. The van der Waals surface area contributed by atoms with Crippen LogP contribution >= 0.6 is 11.8 Å². The summed E-state index contributed by atoms with van der Waals surface area (Å²) in [6.45, 7) is 8.53. The van der Waals surface area contributed by atoms with Crippen molar-refractivity contribution in [3.63, 3.8) is 0 Å². The number of nitrogens with one attached hydrogen (secondary N) is 1. The van der Waals surface area contributed by atoms with E-state index in [0.29, 0.717) is 22.8 Å². The molecule has 0 bridgehead atoms. The van der Waals surface area contributed by atoms with Crippen LogP contribution in [-0.4, -0.2) is 34.5 Å². The average molecular weight is 522 g/mol. The van der Waals surface area contributed by atoms with Gasteiger partial charge in [-0.1, -0.05) is 65.3 Å². The summed E-state index contributed by atoms with van der Waals surface area (Å²) in [6.07, 6.45) is 10.9. The van der Waals surface area contributed by atoms with Crippen LogP contribution < -0.4 is 10.1 Å². The van der Waals surface area contributed by atoms with Gasteiger partial charge in [0, 0.05) is 11.5 Å². The molecular weight excluding hydrogens is 482 g/mol. The third kappa shape index (κ3) is 12.0.